The summed E-state index contributed by atoms with van der Waals surface area (Å²) in [5.74, 6) is 0. The lowest BCUT2D eigenvalue weighted by Crippen LogP contribution is -2.54. The number of hydrogen-bond acceptors (Lipinski definition) is 3. The molecule has 3 heteroatoms. The van der Waals surface area contributed by atoms with Crippen LogP contribution in [0.2, 0.25) is 0 Å². The molecule has 3 rings (SSSR count). The van der Waals surface area contributed by atoms with E-state index in [4.69, 9.17) is 0 Å². The maximum absolute atomic E-state index is 3.77. The van der Waals surface area contributed by atoms with Gasteiger partial charge in [-0.1, -0.05) is 6.42 Å². The number of nitrogens with zero attached hydrogens (tertiary/aromatic N) is 2. The van der Waals surface area contributed by atoms with Crippen molar-refractivity contribution in [2.24, 2.45) is 0 Å². The lowest BCUT2D eigenvalue weighted by molar-refractivity contribution is 0.0656. The molecule has 0 aromatic carbocycles. The molecule has 3 aliphatic rings. The van der Waals surface area contributed by atoms with Crippen molar-refractivity contribution in [2.75, 3.05) is 33.2 Å². The van der Waals surface area contributed by atoms with Crippen LogP contribution in [-0.2, 0) is 0 Å². The molecule has 0 aromatic heterocycles. The minimum Gasteiger partial charge on any atom is -0.312 e. The molecular weight excluding hydrogens is 234 g/mol. The van der Waals surface area contributed by atoms with E-state index in [-0.39, 0.29) is 0 Å². The van der Waals surface area contributed by atoms with Crippen LogP contribution in [0.5, 0.6) is 0 Å². The molecule has 0 bridgehead atoms. The molecule has 0 spiro atoms. The van der Waals surface area contributed by atoms with Crippen LogP contribution in [0, 0.1) is 0 Å². The molecule has 3 unspecified atom stereocenters. The lowest BCUT2D eigenvalue weighted by atomic mass is 9.91. The maximum Gasteiger partial charge on any atom is 0.0252 e. The third-order valence-electron chi connectivity index (χ3n) is 5.55. The normalized spacial score (nSPS) is 39.3. The van der Waals surface area contributed by atoms with Crippen LogP contribution in [0.3, 0.4) is 0 Å². The summed E-state index contributed by atoms with van der Waals surface area (Å²) in [6.07, 6.45) is 11.3. The molecule has 0 amide bonds. The zero-order valence-corrected chi connectivity index (χ0v) is 12.6. The van der Waals surface area contributed by atoms with Gasteiger partial charge >= 0.3 is 0 Å². The molecule has 3 nitrogen and oxygen atoms in total. The first-order valence-electron chi connectivity index (χ1n) is 8.52. The minimum atomic E-state index is 0.793. The molecule has 3 fully saturated rings. The van der Waals surface area contributed by atoms with Crippen LogP contribution in [0.15, 0.2) is 0 Å². The Hall–Kier alpha value is -0.120. The topological polar surface area (TPSA) is 18.5 Å². The third kappa shape index (κ3) is 3.32. The number of rotatable bonds is 2. The van der Waals surface area contributed by atoms with Crippen molar-refractivity contribution in [1.29, 1.82) is 0 Å². The molecule has 0 aromatic rings. The van der Waals surface area contributed by atoms with Gasteiger partial charge in [0.25, 0.3) is 0 Å². The predicted octanol–water partition coefficient (Wildman–Crippen LogP) is 2.08. The Morgan fingerprint density at radius 1 is 0.842 bits per heavy atom. The fourth-order valence-electron chi connectivity index (χ4n) is 4.46. The highest BCUT2D eigenvalue weighted by atomic mass is 15.2. The second-order valence-corrected chi connectivity index (χ2v) is 6.89. The second-order valence-electron chi connectivity index (χ2n) is 6.89. The first kappa shape index (κ1) is 13.8. The Kier molecular flexibility index (Phi) is 4.78. The Balaban J connectivity index is 1.65. The van der Waals surface area contributed by atoms with Crippen LogP contribution in [-0.4, -0.2) is 61.2 Å². The highest BCUT2D eigenvalue weighted by Crippen LogP contribution is 2.29. The van der Waals surface area contributed by atoms with E-state index in [9.17, 15) is 0 Å². The van der Waals surface area contributed by atoms with Crippen LogP contribution in [0.25, 0.3) is 0 Å². The number of piperidine rings is 1. The molecule has 110 valence electrons. The molecule has 3 saturated heterocycles. The van der Waals surface area contributed by atoms with Gasteiger partial charge in [0.05, 0.1) is 0 Å². The zero-order valence-electron chi connectivity index (χ0n) is 12.6. The van der Waals surface area contributed by atoms with Gasteiger partial charge in [0, 0.05) is 18.1 Å². The highest BCUT2D eigenvalue weighted by molar-refractivity contribution is 4.93. The average Bonchev–Trinajstić information content (AvgIpc) is 2.88. The fourth-order valence-corrected chi connectivity index (χ4v) is 4.46. The first-order chi connectivity index (χ1) is 9.34. The van der Waals surface area contributed by atoms with E-state index in [0.717, 1.165) is 18.1 Å². The molecular formula is C16H31N3. The highest BCUT2D eigenvalue weighted by Gasteiger charge is 2.35. The van der Waals surface area contributed by atoms with Gasteiger partial charge in [-0.15, -0.1) is 0 Å². The van der Waals surface area contributed by atoms with Gasteiger partial charge in [-0.05, 0) is 78.2 Å². The summed E-state index contributed by atoms with van der Waals surface area (Å²) in [6.45, 7) is 5.21. The molecule has 19 heavy (non-hydrogen) atoms. The van der Waals surface area contributed by atoms with E-state index < -0.39 is 0 Å². The van der Waals surface area contributed by atoms with Crippen molar-refractivity contribution >= 4 is 0 Å². The Bertz CT molecular complexity index is 275. The summed E-state index contributed by atoms with van der Waals surface area (Å²) < 4.78 is 0. The van der Waals surface area contributed by atoms with Crippen molar-refractivity contribution in [3.8, 4) is 0 Å². The molecule has 3 heterocycles. The standard InChI is InChI=1S/C16H31N3/c1-18-11-5-6-14(9-13-18)19-12-3-2-8-16(19)15-7-4-10-17-15/h14-17H,2-13H2,1H3. The van der Waals surface area contributed by atoms with E-state index in [1.165, 1.54) is 77.5 Å². The molecule has 3 aliphatic heterocycles. The van der Waals surface area contributed by atoms with E-state index in [1.54, 1.807) is 0 Å². The van der Waals surface area contributed by atoms with Crippen molar-refractivity contribution in [3.63, 3.8) is 0 Å². The average molecular weight is 265 g/mol. The minimum absolute atomic E-state index is 0.793. The Morgan fingerprint density at radius 3 is 2.63 bits per heavy atom. The molecule has 3 atom stereocenters. The smallest absolute Gasteiger partial charge is 0.0252 e. The van der Waals surface area contributed by atoms with E-state index in [1.807, 2.05) is 0 Å². The monoisotopic (exact) mass is 265 g/mol. The third-order valence-corrected chi connectivity index (χ3v) is 5.55. The van der Waals surface area contributed by atoms with Gasteiger partial charge in [0.1, 0.15) is 0 Å². The van der Waals surface area contributed by atoms with Gasteiger partial charge in [-0.25, -0.2) is 0 Å². The van der Waals surface area contributed by atoms with Crippen molar-refractivity contribution in [1.82, 2.24) is 15.1 Å². The zero-order chi connectivity index (χ0) is 13.1. The fraction of sp³-hybridized carbons (Fsp3) is 1.00. The number of likely N-dealkylation sites (tertiary alicyclic amines) is 2. The van der Waals surface area contributed by atoms with E-state index >= 15 is 0 Å². The quantitative estimate of drug-likeness (QED) is 0.825. The Morgan fingerprint density at radius 2 is 1.79 bits per heavy atom. The molecule has 0 aliphatic carbocycles. The van der Waals surface area contributed by atoms with Crippen molar-refractivity contribution < 1.29 is 0 Å². The van der Waals surface area contributed by atoms with Gasteiger partial charge in [-0.2, -0.15) is 0 Å². The van der Waals surface area contributed by atoms with Gasteiger partial charge in [0.15, 0.2) is 0 Å². The summed E-state index contributed by atoms with van der Waals surface area (Å²) in [7, 11) is 2.29. The van der Waals surface area contributed by atoms with Gasteiger partial charge in [0.2, 0.25) is 0 Å². The largest absolute Gasteiger partial charge is 0.312 e. The SMILES string of the molecule is CN1CCCC(N2CCCCC2C2CCCN2)CC1. The molecule has 0 radical (unpaired) electrons. The lowest BCUT2D eigenvalue weighted by Gasteiger charge is -2.44. The first-order valence-corrected chi connectivity index (χ1v) is 8.52. The summed E-state index contributed by atoms with van der Waals surface area (Å²) in [5.41, 5.74) is 0. The summed E-state index contributed by atoms with van der Waals surface area (Å²) in [4.78, 5) is 5.43. The Labute approximate surface area is 118 Å². The van der Waals surface area contributed by atoms with E-state index in [0.29, 0.717) is 0 Å². The summed E-state index contributed by atoms with van der Waals surface area (Å²) in [6, 6.07) is 2.49. The molecule has 1 N–H and O–H groups in total. The number of hydrogen-bond donors (Lipinski definition) is 1. The number of nitrogens with one attached hydrogen (secondary N) is 1. The second kappa shape index (κ2) is 6.55. The van der Waals surface area contributed by atoms with Crippen molar-refractivity contribution in [3.05, 3.63) is 0 Å². The summed E-state index contributed by atoms with van der Waals surface area (Å²) in [5, 5.41) is 3.77. The summed E-state index contributed by atoms with van der Waals surface area (Å²) >= 11 is 0. The van der Waals surface area contributed by atoms with Gasteiger partial charge in [-0.3, -0.25) is 4.90 Å². The van der Waals surface area contributed by atoms with Gasteiger partial charge < -0.3 is 10.2 Å². The van der Waals surface area contributed by atoms with Crippen LogP contribution >= 0.6 is 0 Å². The predicted molar refractivity (Wildman–Crippen MR) is 80.5 cm³/mol. The maximum atomic E-state index is 3.77. The van der Waals surface area contributed by atoms with Crippen LogP contribution < -0.4 is 5.32 Å². The van der Waals surface area contributed by atoms with Crippen LogP contribution in [0.1, 0.15) is 51.4 Å². The van der Waals surface area contributed by atoms with Crippen molar-refractivity contribution in [2.45, 2.75) is 69.5 Å². The molecule has 0 saturated carbocycles. The van der Waals surface area contributed by atoms with E-state index in [2.05, 4.69) is 22.2 Å². The van der Waals surface area contributed by atoms with Crippen LogP contribution in [0.4, 0.5) is 0 Å².